The molecular formula is C16H19NO. The zero-order valence-electron chi connectivity index (χ0n) is 10.6. The number of nitriles is 1. The molecule has 2 heteroatoms. The molecule has 94 valence electrons. The van der Waals surface area contributed by atoms with E-state index in [2.05, 4.69) is 6.07 Å². The van der Waals surface area contributed by atoms with Gasteiger partial charge in [-0.25, -0.2) is 0 Å². The molecule has 18 heavy (non-hydrogen) atoms. The van der Waals surface area contributed by atoms with Gasteiger partial charge in [-0.3, -0.25) is 0 Å². The van der Waals surface area contributed by atoms with Crippen molar-refractivity contribution < 1.29 is 4.74 Å². The summed E-state index contributed by atoms with van der Waals surface area (Å²) in [6.45, 7) is 0.874. The van der Waals surface area contributed by atoms with Gasteiger partial charge in [0.05, 0.1) is 19.1 Å². The highest BCUT2D eigenvalue weighted by molar-refractivity contribution is 5.28. The standard InChI is InChI=1S/C16H19NO/c17-8-7-12-2-5-16(6-3-12)18-11-15-10-13-1-4-14(15)9-13/h2-3,5-6,13-15H,1,4,7,9-11H2. The van der Waals surface area contributed by atoms with Crippen molar-refractivity contribution in [1.82, 2.24) is 0 Å². The van der Waals surface area contributed by atoms with Crippen LogP contribution in [-0.4, -0.2) is 6.61 Å². The Morgan fingerprint density at radius 3 is 2.61 bits per heavy atom. The lowest BCUT2D eigenvalue weighted by Crippen LogP contribution is -2.18. The summed E-state index contributed by atoms with van der Waals surface area (Å²) in [5.41, 5.74) is 1.06. The molecule has 0 amide bonds. The van der Waals surface area contributed by atoms with E-state index in [0.29, 0.717) is 6.42 Å². The quantitative estimate of drug-likeness (QED) is 0.807. The zero-order valence-corrected chi connectivity index (χ0v) is 10.6. The van der Waals surface area contributed by atoms with Gasteiger partial charge in [-0.1, -0.05) is 18.6 Å². The topological polar surface area (TPSA) is 33.0 Å². The number of hydrogen-bond acceptors (Lipinski definition) is 2. The average molecular weight is 241 g/mol. The summed E-state index contributed by atoms with van der Waals surface area (Å²) in [5, 5.41) is 8.62. The molecule has 2 bridgehead atoms. The van der Waals surface area contributed by atoms with E-state index < -0.39 is 0 Å². The number of nitrogens with zero attached hydrogens (tertiary/aromatic N) is 1. The van der Waals surface area contributed by atoms with Gasteiger partial charge in [0.2, 0.25) is 0 Å². The Balaban J connectivity index is 1.52. The lowest BCUT2D eigenvalue weighted by molar-refractivity contribution is 0.195. The van der Waals surface area contributed by atoms with Crippen LogP contribution in [0.2, 0.25) is 0 Å². The molecule has 3 atom stereocenters. The zero-order chi connectivity index (χ0) is 12.4. The van der Waals surface area contributed by atoms with Crippen molar-refractivity contribution in [2.45, 2.75) is 32.1 Å². The molecular weight excluding hydrogens is 222 g/mol. The Labute approximate surface area is 109 Å². The van der Waals surface area contributed by atoms with Crippen LogP contribution >= 0.6 is 0 Å². The van der Waals surface area contributed by atoms with Gasteiger partial charge in [-0.05, 0) is 54.7 Å². The molecule has 1 aromatic carbocycles. The fraction of sp³-hybridized carbons (Fsp3) is 0.562. The van der Waals surface area contributed by atoms with E-state index in [1.165, 1.54) is 25.7 Å². The van der Waals surface area contributed by atoms with E-state index in [1.807, 2.05) is 24.3 Å². The van der Waals surface area contributed by atoms with Crippen molar-refractivity contribution in [2.24, 2.45) is 17.8 Å². The normalized spacial score (nSPS) is 29.2. The fourth-order valence-corrected chi connectivity index (χ4v) is 3.58. The highest BCUT2D eigenvalue weighted by Crippen LogP contribution is 2.48. The van der Waals surface area contributed by atoms with Crippen LogP contribution in [0.3, 0.4) is 0 Å². The van der Waals surface area contributed by atoms with Crippen molar-refractivity contribution in [2.75, 3.05) is 6.61 Å². The summed E-state index contributed by atoms with van der Waals surface area (Å²) in [4.78, 5) is 0. The van der Waals surface area contributed by atoms with Gasteiger partial charge in [-0.2, -0.15) is 5.26 Å². The number of ether oxygens (including phenoxy) is 1. The SMILES string of the molecule is N#CCc1ccc(OCC2CC3CCC2C3)cc1. The minimum absolute atomic E-state index is 0.479. The number of fused-ring (bicyclic) bond motifs is 2. The third-order valence-corrected chi connectivity index (χ3v) is 4.56. The molecule has 1 aromatic rings. The maximum atomic E-state index is 8.62. The fourth-order valence-electron chi connectivity index (χ4n) is 3.58. The molecule has 0 spiro atoms. The van der Waals surface area contributed by atoms with Crippen LogP contribution in [-0.2, 0) is 6.42 Å². The van der Waals surface area contributed by atoms with Crippen molar-refractivity contribution in [1.29, 1.82) is 5.26 Å². The van der Waals surface area contributed by atoms with Crippen LogP contribution in [0, 0.1) is 29.1 Å². The van der Waals surface area contributed by atoms with E-state index in [-0.39, 0.29) is 0 Å². The minimum Gasteiger partial charge on any atom is -0.493 e. The summed E-state index contributed by atoms with van der Waals surface area (Å²) >= 11 is 0. The van der Waals surface area contributed by atoms with Gasteiger partial charge in [0.25, 0.3) is 0 Å². The van der Waals surface area contributed by atoms with Gasteiger partial charge in [0.1, 0.15) is 5.75 Å². The Hall–Kier alpha value is -1.49. The van der Waals surface area contributed by atoms with Crippen LogP contribution in [0.1, 0.15) is 31.2 Å². The molecule has 2 aliphatic carbocycles. The summed E-state index contributed by atoms with van der Waals surface area (Å²) < 4.78 is 5.89. The number of benzene rings is 1. The van der Waals surface area contributed by atoms with Gasteiger partial charge >= 0.3 is 0 Å². The van der Waals surface area contributed by atoms with E-state index >= 15 is 0 Å². The predicted octanol–water partition coefficient (Wildman–Crippen LogP) is 3.57. The predicted molar refractivity (Wildman–Crippen MR) is 70.2 cm³/mol. The lowest BCUT2D eigenvalue weighted by Gasteiger charge is -2.21. The summed E-state index contributed by atoms with van der Waals surface area (Å²) in [6, 6.07) is 10.1. The van der Waals surface area contributed by atoms with Crippen molar-refractivity contribution in [3.8, 4) is 11.8 Å². The highest BCUT2D eigenvalue weighted by atomic mass is 16.5. The molecule has 2 fully saturated rings. The Kier molecular flexibility index (Phi) is 3.23. The first kappa shape index (κ1) is 11.6. The second-order valence-electron chi connectivity index (χ2n) is 5.72. The first-order chi connectivity index (χ1) is 8.85. The third kappa shape index (κ3) is 2.36. The molecule has 3 rings (SSSR count). The smallest absolute Gasteiger partial charge is 0.119 e. The average Bonchev–Trinajstić information content (AvgIpc) is 3.00. The Morgan fingerprint density at radius 2 is 2.00 bits per heavy atom. The molecule has 2 nitrogen and oxygen atoms in total. The van der Waals surface area contributed by atoms with Crippen LogP contribution in [0.15, 0.2) is 24.3 Å². The van der Waals surface area contributed by atoms with E-state index in [1.54, 1.807) is 0 Å². The number of rotatable bonds is 4. The molecule has 2 aliphatic rings. The molecule has 0 heterocycles. The van der Waals surface area contributed by atoms with Crippen LogP contribution in [0.5, 0.6) is 5.75 Å². The van der Waals surface area contributed by atoms with Crippen LogP contribution in [0.25, 0.3) is 0 Å². The van der Waals surface area contributed by atoms with Gasteiger partial charge in [0.15, 0.2) is 0 Å². The van der Waals surface area contributed by atoms with E-state index in [4.69, 9.17) is 10.00 Å². The third-order valence-electron chi connectivity index (χ3n) is 4.56. The highest BCUT2D eigenvalue weighted by Gasteiger charge is 2.39. The minimum atomic E-state index is 0.479. The Morgan fingerprint density at radius 1 is 1.17 bits per heavy atom. The molecule has 0 N–H and O–H groups in total. The van der Waals surface area contributed by atoms with Gasteiger partial charge in [0, 0.05) is 0 Å². The maximum Gasteiger partial charge on any atom is 0.119 e. The van der Waals surface area contributed by atoms with Crippen LogP contribution in [0.4, 0.5) is 0 Å². The second kappa shape index (κ2) is 5.02. The van der Waals surface area contributed by atoms with E-state index in [0.717, 1.165) is 35.7 Å². The first-order valence-corrected chi connectivity index (χ1v) is 6.94. The summed E-state index contributed by atoms with van der Waals surface area (Å²) in [5.74, 6) is 3.64. The molecule has 0 saturated heterocycles. The molecule has 0 aromatic heterocycles. The molecule has 0 radical (unpaired) electrons. The first-order valence-electron chi connectivity index (χ1n) is 6.94. The second-order valence-corrected chi connectivity index (χ2v) is 5.72. The monoisotopic (exact) mass is 241 g/mol. The summed E-state index contributed by atoms with van der Waals surface area (Å²) in [7, 11) is 0. The van der Waals surface area contributed by atoms with Crippen molar-refractivity contribution in [3.05, 3.63) is 29.8 Å². The number of hydrogen-bond donors (Lipinski definition) is 0. The molecule has 2 saturated carbocycles. The maximum absolute atomic E-state index is 8.62. The van der Waals surface area contributed by atoms with Crippen molar-refractivity contribution in [3.63, 3.8) is 0 Å². The lowest BCUT2D eigenvalue weighted by atomic mass is 9.89. The molecule has 0 aliphatic heterocycles. The van der Waals surface area contributed by atoms with Gasteiger partial charge < -0.3 is 4.74 Å². The van der Waals surface area contributed by atoms with Gasteiger partial charge in [-0.15, -0.1) is 0 Å². The molecule has 3 unspecified atom stereocenters. The summed E-state index contributed by atoms with van der Waals surface area (Å²) in [6.07, 6.45) is 6.16. The van der Waals surface area contributed by atoms with Crippen LogP contribution < -0.4 is 4.74 Å². The van der Waals surface area contributed by atoms with E-state index in [9.17, 15) is 0 Å². The van der Waals surface area contributed by atoms with Crippen molar-refractivity contribution >= 4 is 0 Å². The Bertz CT molecular complexity index is 445. The largest absolute Gasteiger partial charge is 0.493 e.